The molecule has 2 N–H and O–H groups in total. The number of carbonyl (C=O) groups is 2. The Bertz CT molecular complexity index is 231. The van der Waals surface area contributed by atoms with E-state index < -0.39 is 12.0 Å². The van der Waals surface area contributed by atoms with Crippen LogP contribution >= 0.6 is 11.8 Å². The molecule has 0 saturated carbocycles. The monoisotopic (exact) mass is 231 g/mol. The van der Waals surface area contributed by atoms with Crippen LogP contribution in [0, 0.1) is 0 Å². The minimum atomic E-state index is -0.976. The van der Waals surface area contributed by atoms with Gasteiger partial charge in [0.15, 0.2) is 0 Å². The lowest BCUT2D eigenvalue weighted by Crippen LogP contribution is -2.41. The molecule has 0 radical (unpaired) electrons. The third kappa shape index (κ3) is 7.02. The predicted octanol–water partition coefficient (Wildman–Crippen LogP) is 1.28. The Morgan fingerprint density at radius 3 is 2.73 bits per heavy atom. The van der Waals surface area contributed by atoms with Crippen molar-refractivity contribution in [3.8, 4) is 0 Å². The van der Waals surface area contributed by atoms with Crippen LogP contribution in [0.1, 0.15) is 19.3 Å². The molecule has 1 amide bonds. The number of hydrogen-bond acceptors (Lipinski definition) is 3. The van der Waals surface area contributed by atoms with Crippen LogP contribution in [-0.4, -0.2) is 35.0 Å². The Kier molecular flexibility index (Phi) is 7.81. The largest absolute Gasteiger partial charge is 0.480 e. The lowest BCUT2D eigenvalue weighted by molar-refractivity contribution is -0.141. The summed E-state index contributed by atoms with van der Waals surface area (Å²) in [6, 6.07) is -0.769. The SMILES string of the molecule is C=CCCC(=O)N[C@H](CCSC)C(=O)O. The topological polar surface area (TPSA) is 66.4 Å². The molecule has 0 aromatic carbocycles. The molecule has 0 fully saturated rings. The standard InChI is InChI=1S/C10H17NO3S/c1-3-4-5-9(12)11-8(10(13)14)6-7-15-2/h3,8H,1,4-7H2,2H3,(H,11,12)(H,13,14)/t8-/m1/s1. The van der Waals surface area contributed by atoms with Gasteiger partial charge in [-0.3, -0.25) is 4.79 Å². The van der Waals surface area contributed by atoms with Gasteiger partial charge in [-0.1, -0.05) is 6.08 Å². The van der Waals surface area contributed by atoms with Gasteiger partial charge < -0.3 is 10.4 Å². The minimum absolute atomic E-state index is 0.233. The van der Waals surface area contributed by atoms with E-state index in [0.717, 1.165) is 5.75 Å². The molecule has 0 aromatic rings. The smallest absolute Gasteiger partial charge is 0.326 e. The van der Waals surface area contributed by atoms with Crippen LogP contribution < -0.4 is 5.32 Å². The summed E-state index contributed by atoms with van der Waals surface area (Å²) in [5.74, 6) is -0.488. The molecule has 15 heavy (non-hydrogen) atoms. The Labute approximate surface area is 94.1 Å². The number of aliphatic carboxylic acids is 1. The minimum Gasteiger partial charge on any atom is -0.480 e. The average molecular weight is 231 g/mol. The Hall–Kier alpha value is -0.970. The number of hydrogen-bond donors (Lipinski definition) is 2. The molecular weight excluding hydrogens is 214 g/mol. The quantitative estimate of drug-likeness (QED) is 0.617. The molecule has 0 spiro atoms. The molecule has 0 aliphatic carbocycles. The molecule has 0 bridgehead atoms. The van der Waals surface area contributed by atoms with Gasteiger partial charge in [-0.15, -0.1) is 6.58 Å². The summed E-state index contributed by atoms with van der Waals surface area (Å²) in [6.45, 7) is 3.50. The first-order chi connectivity index (χ1) is 7.11. The van der Waals surface area contributed by atoms with E-state index in [-0.39, 0.29) is 5.91 Å². The van der Waals surface area contributed by atoms with Gasteiger partial charge in [-0.2, -0.15) is 11.8 Å². The number of carbonyl (C=O) groups excluding carboxylic acids is 1. The van der Waals surface area contributed by atoms with Crippen molar-refractivity contribution in [2.45, 2.75) is 25.3 Å². The van der Waals surface area contributed by atoms with E-state index >= 15 is 0 Å². The Morgan fingerprint density at radius 2 is 2.27 bits per heavy atom. The molecule has 0 aliphatic rings. The third-order valence-electron chi connectivity index (χ3n) is 1.82. The normalized spacial score (nSPS) is 11.8. The van der Waals surface area contributed by atoms with Gasteiger partial charge in [0.05, 0.1) is 0 Å². The van der Waals surface area contributed by atoms with Crippen LogP contribution in [0.4, 0.5) is 0 Å². The predicted molar refractivity (Wildman–Crippen MR) is 62.0 cm³/mol. The summed E-state index contributed by atoms with van der Waals surface area (Å²) in [5.41, 5.74) is 0. The summed E-state index contributed by atoms with van der Waals surface area (Å²) in [5, 5.41) is 11.3. The number of amides is 1. The van der Waals surface area contributed by atoms with Crippen molar-refractivity contribution < 1.29 is 14.7 Å². The zero-order valence-electron chi connectivity index (χ0n) is 8.86. The summed E-state index contributed by atoms with van der Waals surface area (Å²) >= 11 is 1.56. The number of allylic oxidation sites excluding steroid dienone is 1. The van der Waals surface area contributed by atoms with Crippen LogP contribution in [-0.2, 0) is 9.59 Å². The number of carboxylic acids is 1. The molecule has 1 atom stereocenters. The van der Waals surface area contributed by atoms with Crippen molar-refractivity contribution in [1.29, 1.82) is 0 Å². The van der Waals surface area contributed by atoms with Gasteiger partial charge in [-0.25, -0.2) is 4.79 Å². The Balaban J connectivity index is 3.98. The summed E-state index contributed by atoms with van der Waals surface area (Å²) in [4.78, 5) is 22.0. The van der Waals surface area contributed by atoms with Crippen molar-refractivity contribution in [2.75, 3.05) is 12.0 Å². The van der Waals surface area contributed by atoms with Crippen molar-refractivity contribution in [1.82, 2.24) is 5.32 Å². The highest BCUT2D eigenvalue weighted by molar-refractivity contribution is 7.98. The van der Waals surface area contributed by atoms with Crippen molar-refractivity contribution >= 4 is 23.6 Å². The zero-order valence-corrected chi connectivity index (χ0v) is 9.68. The maximum atomic E-state index is 11.3. The van der Waals surface area contributed by atoms with Gasteiger partial charge in [0.25, 0.3) is 0 Å². The summed E-state index contributed by atoms with van der Waals surface area (Å²) in [7, 11) is 0. The fourth-order valence-corrected chi connectivity index (χ4v) is 1.46. The average Bonchev–Trinajstić information content (AvgIpc) is 2.20. The van der Waals surface area contributed by atoms with Gasteiger partial charge in [-0.05, 0) is 24.9 Å². The van der Waals surface area contributed by atoms with E-state index in [2.05, 4.69) is 11.9 Å². The highest BCUT2D eigenvalue weighted by Crippen LogP contribution is 2.02. The van der Waals surface area contributed by atoms with Gasteiger partial charge in [0.1, 0.15) is 6.04 Å². The molecule has 4 nitrogen and oxygen atoms in total. The van der Waals surface area contributed by atoms with E-state index in [0.29, 0.717) is 19.3 Å². The van der Waals surface area contributed by atoms with Crippen LogP contribution in [0.2, 0.25) is 0 Å². The fourth-order valence-electron chi connectivity index (χ4n) is 0.993. The van der Waals surface area contributed by atoms with Crippen LogP contribution in [0.5, 0.6) is 0 Å². The first-order valence-corrected chi connectivity index (χ1v) is 6.13. The molecule has 0 heterocycles. The number of thioether (sulfide) groups is 1. The van der Waals surface area contributed by atoms with Crippen LogP contribution in [0.25, 0.3) is 0 Å². The highest BCUT2D eigenvalue weighted by Gasteiger charge is 2.18. The van der Waals surface area contributed by atoms with Crippen LogP contribution in [0.15, 0.2) is 12.7 Å². The number of nitrogens with one attached hydrogen (secondary N) is 1. The molecule has 0 aromatic heterocycles. The molecule has 5 heteroatoms. The van der Waals surface area contributed by atoms with E-state index in [9.17, 15) is 9.59 Å². The molecule has 0 unspecified atom stereocenters. The highest BCUT2D eigenvalue weighted by atomic mass is 32.2. The number of rotatable bonds is 8. The van der Waals surface area contributed by atoms with Crippen molar-refractivity contribution in [2.24, 2.45) is 0 Å². The van der Waals surface area contributed by atoms with Crippen molar-refractivity contribution in [3.63, 3.8) is 0 Å². The number of carboxylic acid groups (broad SMARTS) is 1. The lowest BCUT2D eigenvalue weighted by atomic mass is 10.2. The van der Waals surface area contributed by atoms with Gasteiger partial charge in [0.2, 0.25) is 5.91 Å². The van der Waals surface area contributed by atoms with E-state index in [1.54, 1.807) is 17.8 Å². The maximum Gasteiger partial charge on any atom is 0.326 e. The zero-order chi connectivity index (χ0) is 11.7. The third-order valence-corrected chi connectivity index (χ3v) is 2.46. The maximum absolute atomic E-state index is 11.3. The summed E-state index contributed by atoms with van der Waals surface area (Å²) < 4.78 is 0. The fraction of sp³-hybridized carbons (Fsp3) is 0.600. The van der Waals surface area contributed by atoms with E-state index in [1.165, 1.54) is 0 Å². The molecule has 0 saturated heterocycles. The first-order valence-electron chi connectivity index (χ1n) is 4.73. The van der Waals surface area contributed by atoms with Crippen LogP contribution in [0.3, 0.4) is 0 Å². The lowest BCUT2D eigenvalue weighted by Gasteiger charge is -2.13. The Morgan fingerprint density at radius 1 is 1.60 bits per heavy atom. The molecule has 0 rings (SSSR count). The van der Waals surface area contributed by atoms with Crippen molar-refractivity contribution in [3.05, 3.63) is 12.7 Å². The molecule has 86 valence electrons. The van der Waals surface area contributed by atoms with E-state index in [4.69, 9.17) is 5.11 Å². The second-order valence-corrected chi connectivity index (χ2v) is 4.05. The van der Waals surface area contributed by atoms with E-state index in [1.807, 2.05) is 6.26 Å². The molecular formula is C10H17NO3S. The second-order valence-electron chi connectivity index (χ2n) is 3.07. The van der Waals surface area contributed by atoms with Gasteiger partial charge >= 0.3 is 5.97 Å². The molecule has 0 aliphatic heterocycles. The second kappa shape index (κ2) is 8.35. The first kappa shape index (κ1) is 14.0. The summed E-state index contributed by atoms with van der Waals surface area (Å²) in [6.07, 6.45) is 4.86. The van der Waals surface area contributed by atoms with Gasteiger partial charge in [0, 0.05) is 6.42 Å².